The summed E-state index contributed by atoms with van der Waals surface area (Å²) in [6.45, 7) is 6.35. The molecule has 1 heterocycles. The minimum atomic E-state index is 1.01. The third kappa shape index (κ3) is 3.35. The number of para-hydroxylation sites is 1. The fourth-order valence-corrected chi connectivity index (χ4v) is 4.05. The van der Waals surface area contributed by atoms with Crippen LogP contribution in [0.5, 0.6) is 0 Å². The molecule has 3 aromatic rings. The summed E-state index contributed by atoms with van der Waals surface area (Å²) in [5.74, 6) is 0. The number of benzene rings is 2. The maximum Gasteiger partial charge on any atom is 0.0659 e. The molecule has 1 aromatic heterocycles. The molecule has 0 amide bonds. The monoisotopic (exact) mass is 492 g/mol. The summed E-state index contributed by atoms with van der Waals surface area (Å²) in [5.41, 5.74) is 6.84. The lowest BCUT2D eigenvalue weighted by Gasteiger charge is -2.09. The second kappa shape index (κ2) is 7.23. The van der Waals surface area contributed by atoms with Crippen molar-refractivity contribution in [2.75, 3.05) is 0 Å². The lowest BCUT2D eigenvalue weighted by atomic mass is 10.2. The van der Waals surface area contributed by atoms with Gasteiger partial charge in [0.15, 0.2) is 0 Å². The highest BCUT2D eigenvalue weighted by atomic mass is 127. The van der Waals surface area contributed by atoms with Gasteiger partial charge in [-0.15, -0.1) is 0 Å². The van der Waals surface area contributed by atoms with Crippen LogP contribution in [0.3, 0.4) is 0 Å². The number of halogens is 2. The van der Waals surface area contributed by atoms with Crippen LogP contribution in [0, 0.1) is 24.3 Å². The minimum Gasteiger partial charge on any atom is -0.317 e. The molecular formula is C20H18BrIN2. The number of aryl methyl sites for hydroxylation is 1. The van der Waals surface area contributed by atoms with Crippen LogP contribution in [0.15, 0.2) is 58.0 Å². The van der Waals surface area contributed by atoms with Crippen molar-refractivity contribution < 1.29 is 0 Å². The summed E-state index contributed by atoms with van der Waals surface area (Å²) in [7, 11) is 0. The maximum atomic E-state index is 4.72. The van der Waals surface area contributed by atoms with E-state index >= 15 is 0 Å². The molecule has 0 saturated carbocycles. The average molecular weight is 493 g/mol. The Morgan fingerprint density at radius 2 is 1.71 bits per heavy atom. The van der Waals surface area contributed by atoms with Crippen molar-refractivity contribution in [1.82, 2.24) is 4.57 Å². The predicted molar refractivity (Wildman–Crippen MR) is 114 cm³/mol. The number of hydrogen-bond acceptors (Lipinski definition) is 1. The van der Waals surface area contributed by atoms with Crippen LogP contribution in [0.1, 0.15) is 22.5 Å². The molecule has 122 valence electrons. The van der Waals surface area contributed by atoms with E-state index in [-0.39, 0.29) is 0 Å². The van der Waals surface area contributed by atoms with E-state index in [4.69, 9.17) is 4.99 Å². The summed E-state index contributed by atoms with van der Waals surface area (Å²) in [5, 5.41) is 0. The maximum absolute atomic E-state index is 4.72. The molecule has 0 spiro atoms. The molecule has 3 rings (SSSR count). The fourth-order valence-electron chi connectivity index (χ4n) is 2.84. The average Bonchev–Trinajstić information content (AvgIpc) is 2.78. The van der Waals surface area contributed by atoms with Gasteiger partial charge in [-0.05, 0) is 95.2 Å². The van der Waals surface area contributed by atoms with Gasteiger partial charge >= 0.3 is 0 Å². The summed E-state index contributed by atoms with van der Waals surface area (Å²) in [6, 6.07) is 16.7. The van der Waals surface area contributed by atoms with Gasteiger partial charge in [0.2, 0.25) is 0 Å². The van der Waals surface area contributed by atoms with Gasteiger partial charge in [0.1, 0.15) is 0 Å². The zero-order valence-corrected chi connectivity index (χ0v) is 17.6. The van der Waals surface area contributed by atoms with E-state index in [2.05, 4.69) is 106 Å². The van der Waals surface area contributed by atoms with Gasteiger partial charge in [-0.1, -0.05) is 18.2 Å². The van der Waals surface area contributed by atoms with Crippen molar-refractivity contribution >= 4 is 50.4 Å². The normalized spacial score (nSPS) is 11.4. The molecule has 24 heavy (non-hydrogen) atoms. The second-order valence-electron chi connectivity index (χ2n) is 5.76. The number of aliphatic imine (C=N–C) groups is 1. The molecule has 0 radical (unpaired) electrons. The van der Waals surface area contributed by atoms with Crippen molar-refractivity contribution in [3.05, 3.63) is 79.1 Å². The Morgan fingerprint density at radius 3 is 2.38 bits per heavy atom. The van der Waals surface area contributed by atoms with Gasteiger partial charge in [0.05, 0.1) is 5.69 Å². The molecule has 0 aliphatic heterocycles. The van der Waals surface area contributed by atoms with Gasteiger partial charge in [-0.25, -0.2) is 0 Å². The van der Waals surface area contributed by atoms with Gasteiger partial charge < -0.3 is 4.57 Å². The Bertz CT molecular complexity index is 911. The molecule has 0 fully saturated rings. The van der Waals surface area contributed by atoms with Crippen LogP contribution < -0.4 is 0 Å². The third-order valence-corrected chi connectivity index (χ3v) is 5.79. The van der Waals surface area contributed by atoms with Gasteiger partial charge in [-0.2, -0.15) is 0 Å². The number of nitrogens with zero attached hydrogens (tertiary/aromatic N) is 2. The third-order valence-electron chi connectivity index (χ3n) is 4.12. The zero-order chi connectivity index (χ0) is 17.3. The summed E-state index contributed by atoms with van der Waals surface area (Å²) < 4.78 is 4.58. The molecular weight excluding hydrogens is 475 g/mol. The Kier molecular flexibility index (Phi) is 5.25. The number of hydrogen-bond donors (Lipinski definition) is 0. The lowest BCUT2D eigenvalue weighted by Crippen LogP contribution is -1.99. The Morgan fingerprint density at radius 1 is 1.00 bits per heavy atom. The molecule has 0 N–H and O–H groups in total. The number of aromatic nitrogens is 1. The highest BCUT2D eigenvalue weighted by Crippen LogP contribution is 2.30. The topological polar surface area (TPSA) is 17.3 Å². The van der Waals surface area contributed by atoms with E-state index in [1.165, 1.54) is 26.2 Å². The molecule has 2 nitrogen and oxygen atoms in total. The molecule has 0 aliphatic carbocycles. The molecule has 0 saturated heterocycles. The standard InChI is InChI=1S/C20H18BrIN2/c1-13-11-16(22)9-10-19(13)23-12-18-14(2)24(15(3)20(18)21)17-7-5-4-6-8-17/h4-12H,1-3H3. The smallest absolute Gasteiger partial charge is 0.0659 e. The molecule has 4 heteroatoms. The van der Waals surface area contributed by atoms with Crippen LogP contribution in [-0.4, -0.2) is 10.8 Å². The first-order valence-corrected chi connectivity index (χ1v) is 9.59. The first-order valence-electron chi connectivity index (χ1n) is 7.72. The largest absolute Gasteiger partial charge is 0.317 e. The highest BCUT2D eigenvalue weighted by Gasteiger charge is 2.15. The van der Waals surface area contributed by atoms with Crippen LogP contribution in [0.25, 0.3) is 5.69 Å². The van der Waals surface area contributed by atoms with E-state index in [9.17, 15) is 0 Å². The Balaban J connectivity index is 2.05. The van der Waals surface area contributed by atoms with Crippen molar-refractivity contribution in [2.45, 2.75) is 20.8 Å². The molecule has 0 unspecified atom stereocenters. The summed E-state index contributed by atoms with van der Waals surface area (Å²) in [4.78, 5) is 4.72. The molecule has 2 aromatic carbocycles. The quantitative estimate of drug-likeness (QED) is 0.292. The predicted octanol–water partition coefficient (Wildman–Crippen LogP) is 6.52. The number of rotatable bonds is 3. The zero-order valence-electron chi connectivity index (χ0n) is 13.8. The molecule has 0 bridgehead atoms. The Labute approximate surface area is 164 Å². The first kappa shape index (κ1) is 17.4. The van der Waals surface area contributed by atoms with Crippen molar-refractivity contribution in [3.8, 4) is 5.69 Å². The van der Waals surface area contributed by atoms with E-state index in [1.54, 1.807) is 0 Å². The minimum absolute atomic E-state index is 1.01. The van der Waals surface area contributed by atoms with Crippen LogP contribution >= 0.6 is 38.5 Å². The fraction of sp³-hybridized carbons (Fsp3) is 0.150. The lowest BCUT2D eigenvalue weighted by molar-refractivity contribution is 0.962. The first-order chi connectivity index (χ1) is 11.5. The molecule has 0 aliphatic rings. The van der Waals surface area contributed by atoms with E-state index in [0.29, 0.717) is 0 Å². The van der Waals surface area contributed by atoms with Crippen LogP contribution in [0.4, 0.5) is 5.69 Å². The second-order valence-corrected chi connectivity index (χ2v) is 7.80. The van der Waals surface area contributed by atoms with Crippen molar-refractivity contribution in [2.24, 2.45) is 4.99 Å². The van der Waals surface area contributed by atoms with E-state index < -0.39 is 0 Å². The molecule has 0 atom stereocenters. The van der Waals surface area contributed by atoms with Crippen molar-refractivity contribution in [1.29, 1.82) is 0 Å². The van der Waals surface area contributed by atoms with E-state index in [1.807, 2.05) is 12.3 Å². The van der Waals surface area contributed by atoms with Crippen molar-refractivity contribution in [3.63, 3.8) is 0 Å². The Hall–Kier alpha value is -1.40. The van der Waals surface area contributed by atoms with Gasteiger partial charge in [-0.3, -0.25) is 4.99 Å². The highest BCUT2D eigenvalue weighted by molar-refractivity contribution is 14.1. The van der Waals surface area contributed by atoms with Crippen LogP contribution in [-0.2, 0) is 0 Å². The van der Waals surface area contributed by atoms with E-state index in [0.717, 1.165) is 15.7 Å². The van der Waals surface area contributed by atoms with Crippen LogP contribution in [0.2, 0.25) is 0 Å². The van der Waals surface area contributed by atoms with Gasteiger partial charge in [0, 0.05) is 36.9 Å². The van der Waals surface area contributed by atoms with Gasteiger partial charge in [0.25, 0.3) is 0 Å². The summed E-state index contributed by atoms with van der Waals surface area (Å²) in [6.07, 6.45) is 1.96. The SMILES string of the molecule is Cc1cc(I)ccc1N=Cc1c(Br)c(C)n(-c2ccccc2)c1C. The summed E-state index contributed by atoms with van der Waals surface area (Å²) >= 11 is 6.06.